The lowest BCUT2D eigenvalue weighted by atomic mass is 10.1. The van der Waals surface area contributed by atoms with Gasteiger partial charge in [-0.2, -0.15) is 0 Å². The van der Waals surface area contributed by atoms with E-state index in [2.05, 4.69) is 0 Å². The summed E-state index contributed by atoms with van der Waals surface area (Å²) in [7, 11) is 3.24. The predicted octanol–water partition coefficient (Wildman–Crippen LogP) is 3.91. The van der Waals surface area contributed by atoms with Crippen LogP contribution in [0.2, 0.25) is 5.02 Å². The van der Waals surface area contributed by atoms with E-state index in [1.54, 1.807) is 20.3 Å². The molecule has 0 heterocycles. The Kier molecular flexibility index (Phi) is 3.82. The van der Waals surface area contributed by atoms with Gasteiger partial charge in [0, 0.05) is 5.39 Å². The van der Waals surface area contributed by atoms with E-state index in [0.29, 0.717) is 17.4 Å². The molecule has 0 aromatic heterocycles. The topological polar surface area (TPSA) is 27.7 Å². The second-order valence-corrected chi connectivity index (χ2v) is 4.11. The quantitative estimate of drug-likeness (QED) is 0.840. The fourth-order valence-electron chi connectivity index (χ4n) is 1.98. The predicted molar refractivity (Wildman–Crippen MR) is 73.2 cm³/mol. The average molecular weight is 267 g/mol. The van der Waals surface area contributed by atoms with Crippen molar-refractivity contribution in [3.63, 3.8) is 0 Å². The molecule has 0 saturated carbocycles. The van der Waals surface area contributed by atoms with Crippen molar-refractivity contribution >= 4 is 22.4 Å². The zero-order chi connectivity index (χ0) is 13.1. The van der Waals surface area contributed by atoms with Crippen LogP contribution in [-0.2, 0) is 0 Å². The Morgan fingerprint density at radius 1 is 0.889 bits per heavy atom. The van der Waals surface area contributed by atoms with E-state index < -0.39 is 0 Å². The van der Waals surface area contributed by atoms with Crippen LogP contribution in [0.25, 0.3) is 10.8 Å². The smallest absolute Gasteiger partial charge is 0.131 e. The minimum absolute atomic E-state index is 0.580. The SMILES string of the molecule is CCOc1ccc(Cl)c2c(OC)ccc(OC)c12. The molecular formula is C14H15ClO3. The van der Waals surface area contributed by atoms with Crippen molar-refractivity contribution in [3.8, 4) is 17.2 Å². The van der Waals surface area contributed by atoms with Crippen LogP contribution in [0.1, 0.15) is 6.92 Å². The van der Waals surface area contributed by atoms with Crippen LogP contribution in [0.3, 0.4) is 0 Å². The molecule has 0 radical (unpaired) electrons. The molecule has 96 valence electrons. The lowest BCUT2D eigenvalue weighted by molar-refractivity contribution is 0.342. The Bertz CT molecular complexity index is 566. The van der Waals surface area contributed by atoms with Gasteiger partial charge in [-0.3, -0.25) is 0 Å². The molecule has 4 heteroatoms. The van der Waals surface area contributed by atoms with Crippen LogP contribution in [0.15, 0.2) is 24.3 Å². The molecule has 0 atom stereocenters. The Balaban J connectivity index is 2.85. The average Bonchev–Trinajstić information content (AvgIpc) is 2.40. The Morgan fingerprint density at radius 3 is 2.00 bits per heavy atom. The molecule has 0 saturated heterocycles. The normalized spacial score (nSPS) is 10.4. The van der Waals surface area contributed by atoms with E-state index in [4.69, 9.17) is 25.8 Å². The highest BCUT2D eigenvalue weighted by molar-refractivity contribution is 6.36. The third-order valence-electron chi connectivity index (χ3n) is 2.73. The van der Waals surface area contributed by atoms with E-state index in [-0.39, 0.29) is 0 Å². The molecule has 3 nitrogen and oxygen atoms in total. The summed E-state index contributed by atoms with van der Waals surface area (Å²) in [6.07, 6.45) is 0. The van der Waals surface area contributed by atoms with Gasteiger partial charge in [0.25, 0.3) is 0 Å². The van der Waals surface area contributed by atoms with Gasteiger partial charge in [-0.1, -0.05) is 11.6 Å². The van der Waals surface area contributed by atoms with Crippen LogP contribution >= 0.6 is 11.6 Å². The monoisotopic (exact) mass is 266 g/mol. The first kappa shape index (κ1) is 12.8. The summed E-state index contributed by atoms with van der Waals surface area (Å²) in [5.41, 5.74) is 0. The zero-order valence-electron chi connectivity index (χ0n) is 10.6. The molecule has 2 aromatic rings. The maximum atomic E-state index is 6.25. The summed E-state index contributed by atoms with van der Waals surface area (Å²) in [5.74, 6) is 2.17. The van der Waals surface area contributed by atoms with Crippen molar-refractivity contribution in [2.75, 3.05) is 20.8 Å². The number of benzene rings is 2. The number of fused-ring (bicyclic) bond motifs is 1. The van der Waals surface area contributed by atoms with Crippen molar-refractivity contribution in [1.82, 2.24) is 0 Å². The Labute approximate surface area is 111 Å². The van der Waals surface area contributed by atoms with E-state index in [0.717, 1.165) is 22.3 Å². The lowest BCUT2D eigenvalue weighted by Gasteiger charge is -2.14. The molecule has 0 amide bonds. The molecule has 0 bridgehead atoms. The summed E-state index contributed by atoms with van der Waals surface area (Å²) in [5, 5.41) is 2.26. The highest BCUT2D eigenvalue weighted by atomic mass is 35.5. The van der Waals surface area contributed by atoms with Crippen molar-refractivity contribution in [1.29, 1.82) is 0 Å². The third-order valence-corrected chi connectivity index (χ3v) is 3.05. The number of hydrogen-bond acceptors (Lipinski definition) is 3. The van der Waals surface area contributed by atoms with Crippen LogP contribution in [0, 0.1) is 0 Å². The molecule has 0 aliphatic rings. The molecular weight excluding hydrogens is 252 g/mol. The first-order valence-corrected chi connectivity index (χ1v) is 6.06. The second kappa shape index (κ2) is 5.36. The van der Waals surface area contributed by atoms with Crippen molar-refractivity contribution in [2.24, 2.45) is 0 Å². The van der Waals surface area contributed by atoms with Crippen molar-refractivity contribution in [2.45, 2.75) is 6.92 Å². The molecule has 2 aromatic carbocycles. The first-order chi connectivity index (χ1) is 8.72. The number of hydrogen-bond donors (Lipinski definition) is 0. The first-order valence-electron chi connectivity index (χ1n) is 5.69. The molecule has 0 aliphatic carbocycles. The van der Waals surface area contributed by atoms with Gasteiger partial charge in [0.1, 0.15) is 17.2 Å². The lowest BCUT2D eigenvalue weighted by Crippen LogP contribution is -1.96. The maximum Gasteiger partial charge on any atom is 0.131 e. The fraction of sp³-hybridized carbons (Fsp3) is 0.286. The molecule has 18 heavy (non-hydrogen) atoms. The maximum absolute atomic E-state index is 6.25. The molecule has 2 rings (SSSR count). The molecule has 0 fully saturated rings. The van der Waals surface area contributed by atoms with Gasteiger partial charge in [0.15, 0.2) is 0 Å². The number of halogens is 1. The molecule has 0 aliphatic heterocycles. The van der Waals surface area contributed by atoms with E-state index in [1.165, 1.54) is 0 Å². The third kappa shape index (κ3) is 2.06. The van der Waals surface area contributed by atoms with Gasteiger partial charge >= 0.3 is 0 Å². The highest BCUT2D eigenvalue weighted by Gasteiger charge is 2.15. The van der Waals surface area contributed by atoms with Crippen molar-refractivity contribution in [3.05, 3.63) is 29.3 Å². The number of methoxy groups -OCH3 is 2. The molecule has 0 N–H and O–H groups in total. The fourth-order valence-corrected chi connectivity index (χ4v) is 2.23. The van der Waals surface area contributed by atoms with Crippen LogP contribution in [0.4, 0.5) is 0 Å². The zero-order valence-corrected chi connectivity index (χ0v) is 11.4. The summed E-state index contributed by atoms with van der Waals surface area (Å²) < 4.78 is 16.3. The van der Waals surface area contributed by atoms with Gasteiger partial charge in [-0.25, -0.2) is 0 Å². The standard InChI is InChI=1S/C14H15ClO3/c1-4-18-12-6-5-9(15)13-10(16-2)7-8-11(17-3)14(12)13/h5-8H,4H2,1-3H3. The van der Waals surface area contributed by atoms with E-state index in [1.807, 2.05) is 25.1 Å². The summed E-state index contributed by atoms with van der Waals surface area (Å²) >= 11 is 6.25. The Hall–Kier alpha value is -1.61. The largest absolute Gasteiger partial charge is 0.496 e. The van der Waals surface area contributed by atoms with E-state index in [9.17, 15) is 0 Å². The van der Waals surface area contributed by atoms with Gasteiger partial charge in [0.2, 0.25) is 0 Å². The minimum Gasteiger partial charge on any atom is -0.496 e. The Morgan fingerprint density at radius 2 is 1.44 bits per heavy atom. The molecule has 0 unspecified atom stereocenters. The van der Waals surface area contributed by atoms with Gasteiger partial charge in [-0.05, 0) is 31.2 Å². The molecule has 0 spiro atoms. The van der Waals surface area contributed by atoms with Crippen molar-refractivity contribution < 1.29 is 14.2 Å². The van der Waals surface area contributed by atoms with E-state index >= 15 is 0 Å². The summed E-state index contributed by atoms with van der Waals surface area (Å²) in [4.78, 5) is 0. The minimum atomic E-state index is 0.580. The van der Waals surface area contributed by atoms with Gasteiger partial charge in [-0.15, -0.1) is 0 Å². The van der Waals surface area contributed by atoms with Crippen LogP contribution < -0.4 is 14.2 Å². The highest BCUT2D eigenvalue weighted by Crippen LogP contribution is 2.42. The second-order valence-electron chi connectivity index (χ2n) is 3.70. The van der Waals surface area contributed by atoms with Crippen LogP contribution in [0.5, 0.6) is 17.2 Å². The van der Waals surface area contributed by atoms with Gasteiger partial charge in [0.05, 0.1) is 31.2 Å². The number of ether oxygens (including phenoxy) is 3. The number of rotatable bonds is 4. The summed E-state index contributed by atoms with van der Waals surface area (Å²) in [6.45, 7) is 2.52. The van der Waals surface area contributed by atoms with Gasteiger partial charge < -0.3 is 14.2 Å². The van der Waals surface area contributed by atoms with Crippen LogP contribution in [-0.4, -0.2) is 20.8 Å². The summed E-state index contributed by atoms with van der Waals surface area (Å²) in [6, 6.07) is 7.33.